The van der Waals surface area contributed by atoms with Gasteiger partial charge in [-0.25, -0.2) is 0 Å². The third-order valence-corrected chi connectivity index (χ3v) is 3.83. The molecule has 1 spiro atoms. The van der Waals surface area contributed by atoms with Gasteiger partial charge in [0.05, 0.1) is 0 Å². The molecule has 11 heavy (non-hydrogen) atoms. The topological polar surface area (TPSA) is 26.0 Å². The monoisotopic (exact) mass is 153 g/mol. The molecular weight excluding hydrogens is 134 g/mol. The number of nitrogens with two attached hydrogens (primary N) is 1. The Balaban J connectivity index is 2.07. The van der Waals surface area contributed by atoms with Crippen LogP contribution in [0.25, 0.3) is 0 Å². The SMILES string of the molecule is N[C@@H]1CCCCC12CCCC2. The first-order valence-corrected chi connectivity index (χ1v) is 5.09. The van der Waals surface area contributed by atoms with Crippen molar-refractivity contribution in [2.75, 3.05) is 0 Å². The van der Waals surface area contributed by atoms with Crippen LogP contribution in [-0.4, -0.2) is 6.04 Å². The van der Waals surface area contributed by atoms with Crippen molar-refractivity contribution in [3.63, 3.8) is 0 Å². The van der Waals surface area contributed by atoms with E-state index >= 15 is 0 Å². The molecule has 0 aromatic heterocycles. The first-order chi connectivity index (χ1) is 5.33. The third-order valence-electron chi connectivity index (χ3n) is 3.83. The highest BCUT2D eigenvalue weighted by molar-refractivity contribution is 4.95. The van der Waals surface area contributed by atoms with E-state index in [4.69, 9.17) is 5.73 Å². The van der Waals surface area contributed by atoms with E-state index in [1.165, 1.54) is 51.4 Å². The van der Waals surface area contributed by atoms with Gasteiger partial charge in [-0.05, 0) is 31.1 Å². The largest absolute Gasteiger partial charge is 0.327 e. The van der Waals surface area contributed by atoms with Gasteiger partial charge in [-0.3, -0.25) is 0 Å². The number of hydrogen-bond acceptors (Lipinski definition) is 1. The average molecular weight is 153 g/mol. The predicted molar refractivity (Wildman–Crippen MR) is 47.3 cm³/mol. The molecule has 2 aliphatic rings. The van der Waals surface area contributed by atoms with Gasteiger partial charge in [0.2, 0.25) is 0 Å². The highest BCUT2D eigenvalue weighted by Crippen LogP contribution is 2.48. The van der Waals surface area contributed by atoms with Crippen molar-refractivity contribution in [2.24, 2.45) is 11.1 Å². The van der Waals surface area contributed by atoms with Crippen LogP contribution >= 0.6 is 0 Å². The molecule has 0 heterocycles. The van der Waals surface area contributed by atoms with Crippen LogP contribution in [0.3, 0.4) is 0 Å². The molecule has 0 aromatic carbocycles. The minimum absolute atomic E-state index is 0.541. The molecule has 0 aromatic rings. The zero-order chi connectivity index (χ0) is 7.73. The van der Waals surface area contributed by atoms with Crippen LogP contribution in [0.2, 0.25) is 0 Å². The van der Waals surface area contributed by atoms with Crippen LogP contribution in [0.1, 0.15) is 51.4 Å². The van der Waals surface area contributed by atoms with E-state index in [1.54, 1.807) is 0 Å². The van der Waals surface area contributed by atoms with E-state index in [0.717, 1.165) is 0 Å². The van der Waals surface area contributed by atoms with Crippen molar-refractivity contribution < 1.29 is 0 Å². The van der Waals surface area contributed by atoms with Crippen molar-refractivity contribution in [2.45, 2.75) is 57.4 Å². The van der Waals surface area contributed by atoms with Crippen molar-refractivity contribution in [3.05, 3.63) is 0 Å². The molecule has 0 amide bonds. The molecule has 64 valence electrons. The second-order valence-electron chi connectivity index (χ2n) is 4.42. The van der Waals surface area contributed by atoms with Crippen molar-refractivity contribution in [1.82, 2.24) is 0 Å². The highest BCUT2D eigenvalue weighted by Gasteiger charge is 2.40. The fourth-order valence-corrected chi connectivity index (χ4v) is 3.03. The Bertz CT molecular complexity index is 136. The van der Waals surface area contributed by atoms with Gasteiger partial charge in [-0.15, -0.1) is 0 Å². The normalized spacial score (nSPS) is 36.3. The lowest BCUT2D eigenvalue weighted by atomic mass is 9.69. The Morgan fingerprint density at radius 3 is 2.09 bits per heavy atom. The molecular formula is C10H19N. The van der Waals surface area contributed by atoms with E-state index in [2.05, 4.69) is 0 Å². The number of hydrogen-bond donors (Lipinski definition) is 1. The lowest BCUT2D eigenvalue weighted by molar-refractivity contribution is 0.160. The van der Waals surface area contributed by atoms with Crippen molar-refractivity contribution in [3.8, 4) is 0 Å². The fourth-order valence-electron chi connectivity index (χ4n) is 3.03. The van der Waals surface area contributed by atoms with Crippen LogP contribution in [0.4, 0.5) is 0 Å². The van der Waals surface area contributed by atoms with E-state index in [9.17, 15) is 0 Å². The summed E-state index contributed by atoms with van der Waals surface area (Å²) in [7, 11) is 0. The molecule has 2 fully saturated rings. The van der Waals surface area contributed by atoms with Crippen LogP contribution in [0.15, 0.2) is 0 Å². The highest BCUT2D eigenvalue weighted by atomic mass is 14.7. The third kappa shape index (κ3) is 1.20. The summed E-state index contributed by atoms with van der Waals surface area (Å²) < 4.78 is 0. The van der Waals surface area contributed by atoms with Gasteiger partial charge in [0.25, 0.3) is 0 Å². The van der Waals surface area contributed by atoms with Crippen LogP contribution in [-0.2, 0) is 0 Å². The lowest BCUT2D eigenvalue weighted by Gasteiger charge is -2.39. The van der Waals surface area contributed by atoms with Gasteiger partial charge in [0, 0.05) is 6.04 Å². The van der Waals surface area contributed by atoms with Crippen molar-refractivity contribution in [1.29, 1.82) is 0 Å². The minimum Gasteiger partial charge on any atom is -0.327 e. The van der Waals surface area contributed by atoms with Gasteiger partial charge in [0.15, 0.2) is 0 Å². The molecule has 0 aliphatic heterocycles. The summed E-state index contributed by atoms with van der Waals surface area (Å²) in [5.41, 5.74) is 6.78. The fraction of sp³-hybridized carbons (Fsp3) is 1.00. The Hall–Kier alpha value is -0.0400. The molecule has 0 bridgehead atoms. The van der Waals surface area contributed by atoms with Crippen LogP contribution in [0, 0.1) is 5.41 Å². The van der Waals surface area contributed by atoms with Crippen molar-refractivity contribution >= 4 is 0 Å². The molecule has 2 rings (SSSR count). The molecule has 2 N–H and O–H groups in total. The summed E-state index contributed by atoms with van der Waals surface area (Å²) in [6.07, 6.45) is 11.3. The van der Waals surface area contributed by atoms with Gasteiger partial charge in [-0.2, -0.15) is 0 Å². The zero-order valence-corrected chi connectivity index (χ0v) is 7.31. The summed E-state index contributed by atoms with van der Waals surface area (Å²) in [6.45, 7) is 0. The molecule has 1 heteroatoms. The van der Waals surface area contributed by atoms with E-state index in [0.29, 0.717) is 11.5 Å². The quantitative estimate of drug-likeness (QED) is 0.568. The summed E-state index contributed by atoms with van der Waals surface area (Å²) >= 11 is 0. The maximum atomic E-state index is 6.18. The van der Waals surface area contributed by atoms with Crippen LogP contribution in [0.5, 0.6) is 0 Å². The Morgan fingerprint density at radius 1 is 0.909 bits per heavy atom. The summed E-state index contributed by atoms with van der Waals surface area (Å²) in [5, 5.41) is 0. The Labute approximate surface area is 69.4 Å². The zero-order valence-electron chi connectivity index (χ0n) is 7.31. The first kappa shape index (κ1) is 7.60. The van der Waals surface area contributed by atoms with E-state index in [-0.39, 0.29) is 0 Å². The summed E-state index contributed by atoms with van der Waals surface area (Å²) in [6, 6.07) is 0.541. The van der Waals surface area contributed by atoms with E-state index < -0.39 is 0 Å². The van der Waals surface area contributed by atoms with E-state index in [1.807, 2.05) is 0 Å². The van der Waals surface area contributed by atoms with Gasteiger partial charge >= 0.3 is 0 Å². The minimum atomic E-state index is 0.541. The second-order valence-corrected chi connectivity index (χ2v) is 4.42. The smallest absolute Gasteiger partial charge is 0.00955 e. The predicted octanol–water partition coefficient (Wildman–Crippen LogP) is 2.45. The average Bonchev–Trinajstić information content (AvgIpc) is 2.46. The first-order valence-electron chi connectivity index (χ1n) is 5.09. The molecule has 2 saturated carbocycles. The molecule has 1 nitrogen and oxygen atoms in total. The Kier molecular flexibility index (Phi) is 1.92. The molecule has 0 saturated heterocycles. The molecule has 0 unspecified atom stereocenters. The molecule has 1 atom stereocenters. The molecule has 2 aliphatic carbocycles. The summed E-state index contributed by atoms with van der Waals surface area (Å²) in [5.74, 6) is 0. The standard InChI is InChI=1S/C10H19N/c11-9-5-1-2-6-10(9)7-3-4-8-10/h9H,1-8,11H2/t9-/m1/s1. The summed E-state index contributed by atoms with van der Waals surface area (Å²) in [4.78, 5) is 0. The van der Waals surface area contributed by atoms with Gasteiger partial charge in [0.1, 0.15) is 0 Å². The second kappa shape index (κ2) is 2.78. The molecule has 0 radical (unpaired) electrons. The Morgan fingerprint density at radius 2 is 1.45 bits per heavy atom. The van der Waals surface area contributed by atoms with Gasteiger partial charge < -0.3 is 5.73 Å². The lowest BCUT2D eigenvalue weighted by Crippen LogP contribution is -2.42. The maximum absolute atomic E-state index is 6.18. The van der Waals surface area contributed by atoms with Crippen LogP contribution < -0.4 is 5.73 Å². The maximum Gasteiger partial charge on any atom is 0.00955 e. The number of rotatable bonds is 0. The van der Waals surface area contributed by atoms with Gasteiger partial charge in [-0.1, -0.05) is 25.7 Å².